The minimum Gasteiger partial charge on any atom is -0.348 e. The van der Waals surface area contributed by atoms with Crippen LogP contribution in [-0.2, 0) is 19.6 Å². The van der Waals surface area contributed by atoms with E-state index in [4.69, 9.17) is 0 Å². The molecule has 2 aromatic heterocycles. The van der Waals surface area contributed by atoms with Crippen LogP contribution >= 0.6 is 0 Å². The number of amides is 1. The van der Waals surface area contributed by atoms with Crippen molar-refractivity contribution in [3.8, 4) is 0 Å². The monoisotopic (exact) mass is 461 g/mol. The van der Waals surface area contributed by atoms with Gasteiger partial charge in [-0.15, -0.1) is 0 Å². The molecule has 180 valence electrons. The zero-order chi connectivity index (χ0) is 23.2. The number of rotatable bonds is 8. The maximum atomic E-state index is 13.1. The van der Waals surface area contributed by atoms with Crippen LogP contribution in [0.15, 0.2) is 49.1 Å². The van der Waals surface area contributed by atoms with Crippen molar-refractivity contribution in [2.45, 2.75) is 57.8 Å². The SMILES string of the molecule is O=C(c1ccc(CN(Cc2ncc[nH]2)Cc2ncc[nH]2)cc1)N1CCN(C2CCCCC2)CC1. The van der Waals surface area contributed by atoms with Crippen LogP contribution < -0.4 is 0 Å². The standard InChI is InChI=1S/C26H35N7O/c34-26(33-16-14-32(15-17-33)23-4-2-1-3-5-23)22-8-6-21(7-9-22)18-31(19-24-27-10-11-28-24)20-25-29-12-13-30-25/h6-13,23H,1-5,14-20H2,(H,27,28)(H,29,30). The van der Waals surface area contributed by atoms with Gasteiger partial charge < -0.3 is 14.9 Å². The minimum absolute atomic E-state index is 0.151. The molecule has 5 rings (SSSR count). The largest absolute Gasteiger partial charge is 0.348 e. The predicted octanol–water partition coefficient (Wildman–Crippen LogP) is 3.43. The highest BCUT2D eigenvalue weighted by Crippen LogP contribution is 2.24. The third kappa shape index (κ3) is 5.74. The lowest BCUT2D eigenvalue weighted by atomic mass is 9.94. The Hall–Kier alpha value is -2.97. The molecule has 1 saturated heterocycles. The number of nitrogens with one attached hydrogen (secondary N) is 2. The van der Waals surface area contributed by atoms with E-state index in [1.807, 2.05) is 29.4 Å². The van der Waals surface area contributed by atoms with Crippen molar-refractivity contribution in [1.82, 2.24) is 34.6 Å². The summed E-state index contributed by atoms with van der Waals surface area (Å²) in [7, 11) is 0. The first-order chi connectivity index (χ1) is 16.7. The molecular formula is C26H35N7O. The van der Waals surface area contributed by atoms with Crippen LogP contribution in [0.25, 0.3) is 0 Å². The first-order valence-electron chi connectivity index (χ1n) is 12.6. The second-order valence-corrected chi connectivity index (χ2v) is 9.53. The fraction of sp³-hybridized carbons (Fsp3) is 0.500. The summed E-state index contributed by atoms with van der Waals surface area (Å²) in [6.07, 6.45) is 14.0. The summed E-state index contributed by atoms with van der Waals surface area (Å²) >= 11 is 0. The first kappa shape index (κ1) is 22.8. The molecule has 0 unspecified atom stereocenters. The van der Waals surface area contributed by atoms with Crippen LogP contribution in [0.4, 0.5) is 0 Å². The van der Waals surface area contributed by atoms with Crippen molar-refractivity contribution in [1.29, 1.82) is 0 Å². The van der Waals surface area contributed by atoms with E-state index in [2.05, 4.69) is 41.9 Å². The number of carbonyl (C=O) groups excluding carboxylic acids is 1. The zero-order valence-electron chi connectivity index (χ0n) is 19.8. The van der Waals surface area contributed by atoms with Gasteiger partial charge in [-0.1, -0.05) is 31.4 Å². The van der Waals surface area contributed by atoms with Crippen molar-refractivity contribution in [3.63, 3.8) is 0 Å². The maximum Gasteiger partial charge on any atom is 0.253 e. The van der Waals surface area contributed by atoms with E-state index >= 15 is 0 Å². The molecule has 2 N–H and O–H groups in total. The Morgan fingerprint density at radius 3 is 2.03 bits per heavy atom. The van der Waals surface area contributed by atoms with E-state index in [-0.39, 0.29) is 5.91 Å². The van der Waals surface area contributed by atoms with Gasteiger partial charge in [0.1, 0.15) is 11.6 Å². The van der Waals surface area contributed by atoms with E-state index in [1.165, 1.54) is 32.1 Å². The first-order valence-corrected chi connectivity index (χ1v) is 12.6. The van der Waals surface area contributed by atoms with Crippen LogP contribution in [0, 0.1) is 0 Å². The quantitative estimate of drug-likeness (QED) is 0.537. The Kier molecular flexibility index (Phi) is 7.36. The average molecular weight is 462 g/mol. The van der Waals surface area contributed by atoms with Crippen LogP contribution in [0.5, 0.6) is 0 Å². The Morgan fingerprint density at radius 2 is 1.47 bits per heavy atom. The number of H-pyrrole nitrogens is 2. The molecule has 8 heteroatoms. The second kappa shape index (κ2) is 11.0. The van der Waals surface area contributed by atoms with Crippen LogP contribution in [0.3, 0.4) is 0 Å². The zero-order valence-corrected chi connectivity index (χ0v) is 19.8. The molecular weight excluding hydrogens is 426 g/mol. The lowest BCUT2D eigenvalue weighted by Crippen LogP contribution is -2.52. The number of aromatic amines is 2. The fourth-order valence-electron chi connectivity index (χ4n) is 5.29. The summed E-state index contributed by atoms with van der Waals surface area (Å²) in [5.74, 6) is 1.99. The number of hydrogen-bond donors (Lipinski definition) is 2. The minimum atomic E-state index is 0.151. The fourth-order valence-corrected chi connectivity index (χ4v) is 5.29. The number of benzene rings is 1. The second-order valence-electron chi connectivity index (χ2n) is 9.53. The van der Waals surface area contributed by atoms with E-state index < -0.39 is 0 Å². The Morgan fingerprint density at radius 1 is 0.853 bits per heavy atom. The van der Waals surface area contributed by atoms with Gasteiger partial charge in [0.15, 0.2) is 0 Å². The molecule has 2 fully saturated rings. The highest BCUT2D eigenvalue weighted by Gasteiger charge is 2.27. The molecule has 0 bridgehead atoms. The number of nitrogens with zero attached hydrogens (tertiary/aromatic N) is 5. The highest BCUT2D eigenvalue weighted by atomic mass is 16.2. The molecule has 1 aliphatic heterocycles. The Balaban J connectivity index is 1.17. The van der Waals surface area contributed by atoms with Gasteiger partial charge in [-0.2, -0.15) is 0 Å². The predicted molar refractivity (Wildman–Crippen MR) is 131 cm³/mol. The van der Waals surface area contributed by atoms with Crippen LogP contribution in [0.1, 0.15) is 59.7 Å². The summed E-state index contributed by atoms with van der Waals surface area (Å²) in [6, 6.07) is 8.83. The summed E-state index contributed by atoms with van der Waals surface area (Å²) < 4.78 is 0. The summed E-state index contributed by atoms with van der Waals surface area (Å²) in [4.78, 5) is 35.1. The summed E-state index contributed by atoms with van der Waals surface area (Å²) in [6.45, 7) is 5.80. The smallest absolute Gasteiger partial charge is 0.253 e. The van der Waals surface area contributed by atoms with E-state index in [1.54, 1.807) is 12.4 Å². The van der Waals surface area contributed by atoms with Crippen molar-refractivity contribution in [2.24, 2.45) is 0 Å². The number of aromatic nitrogens is 4. The van der Waals surface area contributed by atoms with Crippen LogP contribution in [0.2, 0.25) is 0 Å². The normalized spacial score (nSPS) is 18.0. The van der Waals surface area contributed by atoms with Crippen molar-refractivity contribution in [3.05, 3.63) is 71.8 Å². The van der Waals surface area contributed by atoms with Gasteiger partial charge in [0.25, 0.3) is 5.91 Å². The third-order valence-electron chi connectivity index (χ3n) is 7.16. The summed E-state index contributed by atoms with van der Waals surface area (Å²) in [5.41, 5.74) is 1.94. The lowest BCUT2D eigenvalue weighted by molar-refractivity contribution is 0.0523. The molecule has 8 nitrogen and oxygen atoms in total. The molecule has 1 aliphatic carbocycles. The van der Waals surface area contributed by atoms with Gasteiger partial charge in [0.05, 0.1) is 13.1 Å². The molecule has 0 atom stereocenters. The number of imidazole rings is 2. The number of carbonyl (C=O) groups is 1. The molecule has 3 aromatic rings. The van der Waals surface area contributed by atoms with Gasteiger partial charge in [-0.25, -0.2) is 9.97 Å². The molecule has 1 amide bonds. The average Bonchev–Trinajstić information content (AvgIpc) is 3.59. The van der Waals surface area contributed by atoms with E-state index in [9.17, 15) is 4.79 Å². The van der Waals surface area contributed by atoms with Crippen LogP contribution in [-0.4, -0.2) is 72.8 Å². The molecule has 0 spiro atoms. The molecule has 0 radical (unpaired) electrons. The lowest BCUT2D eigenvalue weighted by Gasteiger charge is -2.40. The Bertz CT molecular complexity index is 966. The highest BCUT2D eigenvalue weighted by molar-refractivity contribution is 5.94. The molecule has 1 saturated carbocycles. The van der Waals surface area contributed by atoms with Gasteiger partial charge in [0.2, 0.25) is 0 Å². The number of piperazine rings is 1. The third-order valence-corrected chi connectivity index (χ3v) is 7.16. The maximum absolute atomic E-state index is 13.1. The molecule has 3 heterocycles. The van der Waals surface area contributed by atoms with E-state index in [0.717, 1.165) is 61.5 Å². The van der Waals surface area contributed by atoms with Gasteiger partial charge >= 0.3 is 0 Å². The van der Waals surface area contributed by atoms with Crippen molar-refractivity contribution < 1.29 is 4.79 Å². The van der Waals surface area contributed by atoms with Gasteiger partial charge in [-0.3, -0.25) is 14.6 Å². The van der Waals surface area contributed by atoms with Crippen molar-refractivity contribution >= 4 is 5.91 Å². The molecule has 2 aliphatic rings. The summed E-state index contributed by atoms with van der Waals surface area (Å²) in [5, 5.41) is 0. The molecule has 1 aromatic carbocycles. The Labute approximate surface area is 201 Å². The van der Waals surface area contributed by atoms with Crippen molar-refractivity contribution in [2.75, 3.05) is 26.2 Å². The van der Waals surface area contributed by atoms with Gasteiger partial charge in [-0.05, 0) is 30.5 Å². The molecule has 34 heavy (non-hydrogen) atoms. The van der Waals surface area contributed by atoms with E-state index in [0.29, 0.717) is 13.1 Å². The number of hydrogen-bond acceptors (Lipinski definition) is 5. The van der Waals surface area contributed by atoms with Gasteiger partial charge in [0, 0.05) is 69.1 Å². The topological polar surface area (TPSA) is 84.1 Å².